The molecule has 20 heavy (non-hydrogen) atoms. The number of amides is 1. The molecule has 0 saturated carbocycles. The van der Waals surface area contributed by atoms with Crippen LogP contribution in [0.1, 0.15) is 42.9 Å². The molecule has 1 aromatic rings. The van der Waals surface area contributed by atoms with Gasteiger partial charge in [-0.05, 0) is 25.8 Å². The van der Waals surface area contributed by atoms with E-state index in [1.807, 2.05) is 25.1 Å². The van der Waals surface area contributed by atoms with Gasteiger partial charge in [-0.3, -0.25) is 9.59 Å². The fourth-order valence-electron chi connectivity index (χ4n) is 2.33. The summed E-state index contributed by atoms with van der Waals surface area (Å²) in [5.74, 6) is -0.385. The van der Waals surface area contributed by atoms with E-state index in [1.54, 1.807) is 0 Å². The van der Waals surface area contributed by atoms with Crippen LogP contribution in [0.2, 0.25) is 0 Å². The van der Waals surface area contributed by atoms with Crippen molar-refractivity contribution in [1.82, 2.24) is 5.32 Å². The van der Waals surface area contributed by atoms with Crippen molar-refractivity contribution >= 4 is 11.9 Å². The summed E-state index contributed by atoms with van der Waals surface area (Å²) >= 11 is 0. The number of fused-ring (bicyclic) bond motifs is 1. The maximum absolute atomic E-state index is 11.8. The van der Waals surface area contributed by atoms with E-state index in [1.165, 1.54) is 0 Å². The molecule has 0 radical (unpaired) electrons. The van der Waals surface area contributed by atoms with E-state index in [9.17, 15) is 9.59 Å². The smallest absolute Gasteiger partial charge is 0.303 e. The molecule has 1 amide bonds. The Labute approximate surface area is 117 Å². The number of benzene rings is 1. The highest BCUT2D eigenvalue weighted by Crippen LogP contribution is 2.32. The van der Waals surface area contributed by atoms with Gasteiger partial charge in [0.25, 0.3) is 0 Å². The number of carboxylic acid groups (broad SMARTS) is 1. The third kappa shape index (κ3) is 3.73. The van der Waals surface area contributed by atoms with Gasteiger partial charge < -0.3 is 15.2 Å². The van der Waals surface area contributed by atoms with Gasteiger partial charge in [0.2, 0.25) is 5.91 Å². The number of rotatable bonds is 4. The normalized spacial score (nSPS) is 17.6. The first-order chi connectivity index (χ1) is 9.56. The molecule has 1 aliphatic rings. The Morgan fingerprint density at radius 3 is 2.95 bits per heavy atom. The van der Waals surface area contributed by atoms with E-state index in [0.29, 0.717) is 6.61 Å². The zero-order valence-electron chi connectivity index (χ0n) is 11.5. The maximum atomic E-state index is 11.8. The SMILES string of the molecule is Cc1ccc2c(c1)C(NC(=O)CCC(=O)O)CCCO2. The lowest BCUT2D eigenvalue weighted by Crippen LogP contribution is -2.28. The summed E-state index contributed by atoms with van der Waals surface area (Å²) in [4.78, 5) is 22.3. The first kappa shape index (κ1) is 14.4. The van der Waals surface area contributed by atoms with Crippen molar-refractivity contribution in [2.24, 2.45) is 0 Å². The predicted octanol–water partition coefficient (Wildman–Crippen LogP) is 2.19. The van der Waals surface area contributed by atoms with Crippen LogP contribution in [-0.2, 0) is 9.59 Å². The van der Waals surface area contributed by atoms with Crippen LogP contribution in [0.5, 0.6) is 5.75 Å². The molecule has 0 saturated heterocycles. The summed E-state index contributed by atoms with van der Waals surface area (Å²) in [7, 11) is 0. The lowest BCUT2D eigenvalue weighted by Gasteiger charge is -2.18. The van der Waals surface area contributed by atoms with Gasteiger partial charge in [-0.2, -0.15) is 0 Å². The number of carbonyl (C=O) groups is 2. The molecule has 0 aliphatic carbocycles. The number of aliphatic carboxylic acids is 1. The van der Waals surface area contributed by atoms with E-state index in [2.05, 4.69) is 5.32 Å². The lowest BCUT2D eigenvalue weighted by molar-refractivity contribution is -0.138. The highest BCUT2D eigenvalue weighted by molar-refractivity contribution is 5.81. The predicted molar refractivity (Wildman–Crippen MR) is 73.7 cm³/mol. The molecule has 5 nitrogen and oxygen atoms in total. The topological polar surface area (TPSA) is 75.6 Å². The van der Waals surface area contributed by atoms with Gasteiger partial charge >= 0.3 is 5.97 Å². The molecule has 0 fully saturated rings. The Bertz CT molecular complexity index is 513. The monoisotopic (exact) mass is 277 g/mol. The minimum absolute atomic E-state index is 0.00778. The molecule has 1 aliphatic heterocycles. The summed E-state index contributed by atoms with van der Waals surface area (Å²) in [5, 5.41) is 11.5. The number of nitrogens with one attached hydrogen (secondary N) is 1. The number of hydrogen-bond acceptors (Lipinski definition) is 3. The Balaban J connectivity index is 2.10. The second kappa shape index (κ2) is 6.41. The fourth-order valence-corrected chi connectivity index (χ4v) is 2.33. The highest BCUT2D eigenvalue weighted by atomic mass is 16.5. The van der Waals surface area contributed by atoms with E-state index < -0.39 is 5.97 Å². The van der Waals surface area contributed by atoms with Crippen molar-refractivity contribution < 1.29 is 19.4 Å². The van der Waals surface area contributed by atoms with Crippen LogP contribution >= 0.6 is 0 Å². The van der Waals surface area contributed by atoms with E-state index >= 15 is 0 Å². The van der Waals surface area contributed by atoms with E-state index in [0.717, 1.165) is 29.7 Å². The van der Waals surface area contributed by atoms with Crippen LogP contribution in [0.15, 0.2) is 18.2 Å². The first-order valence-electron chi connectivity index (χ1n) is 6.81. The van der Waals surface area contributed by atoms with Gasteiger partial charge in [0.1, 0.15) is 5.75 Å². The second-order valence-electron chi connectivity index (χ2n) is 5.05. The van der Waals surface area contributed by atoms with Crippen molar-refractivity contribution in [3.63, 3.8) is 0 Å². The molecular formula is C15H19NO4. The van der Waals surface area contributed by atoms with Crippen molar-refractivity contribution in [2.75, 3.05) is 6.61 Å². The molecule has 1 aromatic carbocycles. The first-order valence-corrected chi connectivity index (χ1v) is 6.81. The van der Waals surface area contributed by atoms with Crippen LogP contribution in [0.25, 0.3) is 0 Å². The summed E-state index contributed by atoms with van der Waals surface area (Å²) in [6.45, 7) is 2.63. The van der Waals surface area contributed by atoms with Gasteiger partial charge in [0.05, 0.1) is 19.1 Å². The Hall–Kier alpha value is -2.04. The molecule has 1 unspecified atom stereocenters. The quantitative estimate of drug-likeness (QED) is 0.884. The maximum Gasteiger partial charge on any atom is 0.303 e. The van der Waals surface area contributed by atoms with Gasteiger partial charge in [-0.1, -0.05) is 17.7 Å². The van der Waals surface area contributed by atoms with Crippen LogP contribution in [0.3, 0.4) is 0 Å². The summed E-state index contributed by atoms with van der Waals surface area (Å²) in [6.07, 6.45) is 1.52. The van der Waals surface area contributed by atoms with Crippen LogP contribution in [0, 0.1) is 6.92 Å². The van der Waals surface area contributed by atoms with Crippen molar-refractivity contribution in [2.45, 2.75) is 38.6 Å². The summed E-state index contributed by atoms with van der Waals surface area (Å²) in [5.41, 5.74) is 2.09. The van der Waals surface area contributed by atoms with Crippen LogP contribution in [-0.4, -0.2) is 23.6 Å². The largest absolute Gasteiger partial charge is 0.493 e. The number of carboxylic acids is 1. The third-order valence-corrected chi connectivity index (χ3v) is 3.34. The van der Waals surface area contributed by atoms with E-state index in [-0.39, 0.29) is 24.8 Å². The van der Waals surface area contributed by atoms with Crippen molar-refractivity contribution in [3.05, 3.63) is 29.3 Å². The summed E-state index contributed by atoms with van der Waals surface area (Å²) < 4.78 is 5.67. The zero-order valence-corrected chi connectivity index (χ0v) is 11.5. The minimum atomic E-state index is -0.958. The standard InChI is InChI=1S/C15H19NO4/c1-10-4-5-13-11(9-10)12(3-2-8-20-13)16-14(17)6-7-15(18)19/h4-5,9,12H,2-3,6-8H2,1H3,(H,16,17)(H,18,19). The van der Waals surface area contributed by atoms with Crippen molar-refractivity contribution in [1.29, 1.82) is 0 Å². The Kier molecular flexibility index (Phi) is 4.61. The molecular weight excluding hydrogens is 258 g/mol. The molecule has 1 heterocycles. The molecule has 0 aromatic heterocycles. The van der Waals surface area contributed by atoms with Crippen molar-refractivity contribution in [3.8, 4) is 5.75 Å². The second-order valence-corrected chi connectivity index (χ2v) is 5.05. The van der Waals surface area contributed by atoms with Gasteiger partial charge in [0, 0.05) is 12.0 Å². The average Bonchev–Trinajstić information content (AvgIpc) is 2.59. The lowest BCUT2D eigenvalue weighted by atomic mass is 10.00. The molecule has 0 spiro atoms. The molecule has 2 N–H and O–H groups in total. The summed E-state index contributed by atoms with van der Waals surface area (Å²) in [6, 6.07) is 5.82. The number of aryl methyl sites for hydroxylation is 1. The van der Waals surface area contributed by atoms with Gasteiger partial charge in [0.15, 0.2) is 0 Å². The van der Waals surface area contributed by atoms with E-state index in [4.69, 9.17) is 9.84 Å². The third-order valence-electron chi connectivity index (χ3n) is 3.34. The number of hydrogen-bond donors (Lipinski definition) is 2. The fraction of sp³-hybridized carbons (Fsp3) is 0.467. The van der Waals surface area contributed by atoms with Crippen LogP contribution in [0.4, 0.5) is 0 Å². The average molecular weight is 277 g/mol. The molecule has 1 atom stereocenters. The molecule has 0 bridgehead atoms. The molecule has 108 valence electrons. The molecule has 2 rings (SSSR count). The zero-order chi connectivity index (χ0) is 14.5. The number of ether oxygens (including phenoxy) is 1. The molecule has 5 heteroatoms. The number of carbonyl (C=O) groups excluding carboxylic acids is 1. The van der Waals surface area contributed by atoms with Gasteiger partial charge in [-0.25, -0.2) is 0 Å². The van der Waals surface area contributed by atoms with Crippen LogP contribution < -0.4 is 10.1 Å². The Morgan fingerprint density at radius 1 is 1.40 bits per heavy atom. The minimum Gasteiger partial charge on any atom is -0.493 e. The Morgan fingerprint density at radius 2 is 2.20 bits per heavy atom. The van der Waals surface area contributed by atoms with Gasteiger partial charge in [-0.15, -0.1) is 0 Å². The highest BCUT2D eigenvalue weighted by Gasteiger charge is 2.21.